The Hall–Kier alpha value is -5.93. The van der Waals surface area contributed by atoms with Crippen molar-refractivity contribution in [3.05, 3.63) is 118 Å². The lowest BCUT2D eigenvalue weighted by Crippen LogP contribution is -2.47. The fourth-order valence-corrected chi connectivity index (χ4v) is 6.96. The molecule has 4 heterocycles. The predicted octanol–water partition coefficient (Wildman–Crippen LogP) is 1.39. The molecule has 0 radical (unpaired) electrons. The van der Waals surface area contributed by atoms with E-state index in [2.05, 4.69) is 11.4 Å². The Balaban J connectivity index is 1.29. The molecule has 15 heteroatoms. The van der Waals surface area contributed by atoms with Crippen molar-refractivity contribution < 1.29 is 4.39 Å². The standard InChI is InChI=1S/C36H39FN10O4/c1-42-33(48)15-31(44-11-3-5-28(40)21-44)47(36(42)51)20-26-14-29(10-8-24(26)18-39)41-30-6-4-12-45(22-30)32-16-34(49)43(2)35(50)46(32)19-25-13-27(37)9-7-23(25)17-38/h7-10,13-16,28,30,41H,3-6,11-12,19-22,40H2,1-2H3/t28-,30+/m1/s1. The molecule has 0 unspecified atom stereocenters. The highest BCUT2D eigenvalue weighted by Gasteiger charge is 2.26. The minimum absolute atomic E-state index is 0.0492. The van der Waals surface area contributed by atoms with Crippen LogP contribution in [0.15, 0.2) is 67.7 Å². The topological polar surface area (TPSA) is 180 Å². The Morgan fingerprint density at radius 3 is 1.86 bits per heavy atom. The van der Waals surface area contributed by atoms with E-state index in [-0.39, 0.29) is 30.7 Å². The monoisotopic (exact) mass is 694 g/mol. The average Bonchev–Trinajstić information content (AvgIpc) is 3.12. The molecule has 2 aromatic heterocycles. The van der Waals surface area contributed by atoms with Crippen LogP contribution in [-0.2, 0) is 27.2 Å². The van der Waals surface area contributed by atoms with Crippen LogP contribution in [0.25, 0.3) is 0 Å². The number of nitriles is 2. The molecule has 2 atom stereocenters. The number of hydrogen-bond acceptors (Lipinski definition) is 10. The van der Waals surface area contributed by atoms with Crippen LogP contribution >= 0.6 is 0 Å². The van der Waals surface area contributed by atoms with Crippen LogP contribution in [0.2, 0.25) is 0 Å². The van der Waals surface area contributed by atoms with Gasteiger partial charge in [0.25, 0.3) is 11.1 Å². The van der Waals surface area contributed by atoms with Crippen LogP contribution in [0, 0.1) is 28.5 Å². The minimum atomic E-state index is -0.586. The number of rotatable bonds is 8. The molecule has 6 rings (SSSR count). The zero-order valence-electron chi connectivity index (χ0n) is 28.5. The van der Waals surface area contributed by atoms with Gasteiger partial charge in [-0.2, -0.15) is 10.5 Å². The summed E-state index contributed by atoms with van der Waals surface area (Å²) in [7, 11) is 2.80. The van der Waals surface area contributed by atoms with E-state index in [0.29, 0.717) is 60.2 Å². The number of benzene rings is 2. The number of halogens is 1. The maximum absolute atomic E-state index is 14.2. The Morgan fingerprint density at radius 1 is 0.765 bits per heavy atom. The van der Waals surface area contributed by atoms with Gasteiger partial charge in [-0.1, -0.05) is 0 Å². The number of nitrogens with one attached hydrogen (secondary N) is 1. The Kier molecular flexibility index (Phi) is 9.93. The summed E-state index contributed by atoms with van der Waals surface area (Å²) in [5.41, 5.74) is 6.45. The molecule has 2 aromatic carbocycles. The van der Waals surface area contributed by atoms with Gasteiger partial charge in [-0.25, -0.2) is 14.0 Å². The summed E-state index contributed by atoms with van der Waals surface area (Å²) in [5.74, 6) is 0.284. The fraction of sp³-hybridized carbons (Fsp3) is 0.389. The third-order valence-corrected chi connectivity index (χ3v) is 9.72. The molecule has 2 fully saturated rings. The summed E-state index contributed by atoms with van der Waals surface area (Å²) in [6.45, 7) is 2.06. The van der Waals surface area contributed by atoms with Crippen LogP contribution in [0.5, 0.6) is 0 Å². The molecule has 0 spiro atoms. The number of piperidine rings is 2. The van der Waals surface area contributed by atoms with Crippen molar-refractivity contribution in [3.63, 3.8) is 0 Å². The molecule has 0 bridgehead atoms. The smallest absolute Gasteiger partial charge is 0.332 e. The molecule has 0 amide bonds. The summed E-state index contributed by atoms with van der Waals surface area (Å²) < 4.78 is 19.1. The molecule has 2 aliphatic heterocycles. The Bertz CT molecular complexity index is 2310. The molecule has 2 saturated heterocycles. The average molecular weight is 695 g/mol. The van der Waals surface area contributed by atoms with E-state index < -0.39 is 28.3 Å². The van der Waals surface area contributed by atoms with Gasteiger partial charge in [0.1, 0.15) is 17.5 Å². The van der Waals surface area contributed by atoms with Crippen molar-refractivity contribution in [3.8, 4) is 12.1 Å². The van der Waals surface area contributed by atoms with Gasteiger partial charge < -0.3 is 20.9 Å². The molecule has 0 saturated carbocycles. The van der Waals surface area contributed by atoms with Gasteiger partial charge in [-0.15, -0.1) is 0 Å². The highest BCUT2D eigenvalue weighted by Crippen LogP contribution is 2.25. The zero-order valence-corrected chi connectivity index (χ0v) is 28.5. The van der Waals surface area contributed by atoms with Crippen LogP contribution in [0.3, 0.4) is 0 Å². The van der Waals surface area contributed by atoms with Crippen LogP contribution in [0.4, 0.5) is 21.7 Å². The molecule has 0 aliphatic carbocycles. The molecule has 2 aliphatic rings. The molecular weight excluding hydrogens is 655 g/mol. The summed E-state index contributed by atoms with van der Waals surface area (Å²) in [6.07, 6.45) is 3.17. The van der Waals surface area contributed by atoms with Crippen molar-refractivity contribution in [2.45, 2.75) is 50.9 Å². The number of hydrogen-bond donors (Lipinski definition) is 2. The Morgan fingerprint density at radius 2 is 1.29 bits per heavy atom. The number of aromatic nitrogens is 4. The van der Waals surface area contributed by atoms with Crippen molar-refractivity contribution in [2.24, 2.45) is 19.8 Å². The number of nitrogens with two attached hydrogens (primary N) is 1. The van der Waals surface area contributed by atoms with E-state index in [1.165, 1.54) is 53.6 Å². The summed E-state index contributed by atoms with van der Waals surface area (Å²) in [4.78, 5) is 56.2. The molecule has 3 N–H and O–H groups in total. The first-order valence-corrected chi connectivity index (χ1v) is 16.8. The van der Waals surface area contributed by atoms with Crippen LogP contribution in [-0.4, -0.2) is 56.5 Å². The molecular formula is C36H39FN10O4. The summed E-state index contributed by atoms with van der Waals surface area (Å²) >= 11 is 0. The van der Waals surface area contributed by atoms with Gasteiger partial charge in [0.05, 0.1) is 36.4 Å². The second-order valence-electron chi connectivity index (χ2n) is 13.2. The van der Waals surface area contributed by atoms with Gasteiger partial charge in [-0.3, -0.25) is 27.9 Å². The predicted molar refractivity (Wildman–Crippen MR) is 191 cm³/mol. The van der Waals surface area contributed by atoms with E-state index in [0.717, 1.165) is 34.8 Å². The highest BCUT2D eigenvalue weighted by molar-refractivity contribution is 5.54. The van der Waals surface area contributed by atoms with Crippen molar-refractivity contribution in [1.29, 1.82) is 10.5 Å². The normalized spacial score (nSPS) is 17.5. The molecule has 4 aromatic rings. The maximum Gasteiger partial charge on any atom is 0.332 e. The fourth-order valence-electron chi connectivity index (χ4n) is 6.96. The van der Waals surface area contributed by atoms with Gasteiger partial charge >= 0.3 is 11.4 Å². The largest absolute Gasteiger partial charge is 0.381 e. The molecule has 51 heavy (non-hydrogen) atoms. The maximum atomic E-state index is 14.2. The molecule has 264 valence electrons. The number of anilines is 3. The van der Waals surface area contributed by atoms with Gasteiger partial charge in [0, 0.05) is 70.2 Å². The van der Waals surface area contributed by atoms with E-state index in [9.17, 15) is 34.1 Å². The van der Waals surface area contributed by atoms with Gasteiger partial charge in [-0.05, 0) is 73.2 Å². The second kappa shape index (κ2) is 14.5. The summed E-state index contributed by atoms with van der Waals surface area (Å²) in [6, 6.07) is 15.9. The SMILES string of the molecule is Cn1c(=O)cc(N2CCC[C@@H](N)C2)n(Cc2cc(N[C@H]3CCCN(c4cc(=O)n(C)c(=O)n4Cc4cc(F)ccc4C#N)C3)ccc2C#N)c1=O. The second-order valence-corrected chi connectivity index (χ2v) is 13.2. The third kappa shape index (κ3) is 7.20. The van der Waals surface area contributed by atoms with Gasteiger partial charge in [0.2, 0.25) is 0 Å². The van der Waals surface area contributed by atoms with E-state index >= 15 is 0 Å². The van der Waals surface area contributed by atoms with E-state index in [4.69, 9.17) is 5.73 Å². The van der Waals surface area contributed by atoms with Crippen LogP contribution < -0.4 is 43.3 Å². The summed E-state index contributed by atoms with van der Waals surface area (Å²) in [5, 5.41) is 23.1. The van der Waals surface area contributed by atoms with Crippen molar-refractivity contribution >= 4 is 17.3 Å². The van der Waals surface area contributed by atoms with E-state index in [1.807, 2.05) is 21.9 Å². The third-order valence-electron chi connectivity index (χ3n) is 9.72. The lowest BCUT2D eigenvalue weighted by molar-refractivity contribution is 0.491. The minimum Gasteiger partial charge on any atom is -0.381 e. The lowest BCUT2D eigenvalue weighted by Gasteiger charge is -2.36. The quantitative estimate of drug-likeness (QED) is 0.274. The van der Waals surface area contributed by atoms with Crippen LogP contribution in [0.1, 0.15) is 47.9 Å². The van der Waals surface area contributed by atoms with E-state index in [1.54, 1.807) is 12.1 Å². The first-order chi connectivity index (χ1) is 24.5. The lowest BCUT2D eigenvalue weighted by atomic mass is 10.0. The first kappa shape index (κ1) is 34.9. The Labute approximate surface area is 292 Å². The van der Waals surface area contributed by atoms with Gasteiger partial charge in [0.15, 0.2) is 0 Å². The first-order valence-electron chi connectivity index (χ1n) is 16.8. The highest BCUT2D eigenvalue weighted by atomic mass is 19.1. The van der Waals surface area contributed by atoms with Crippen molar-refractivity contribution in [2.75, 3.05) is 41.3 Å². The van der Waals surface area contributed by atoms with Crippen molar-refractivity contribution in [1.82, 2.24) is 18.3 Å². The zero-order chi connectivity index (χ0) is 36.4. The number of nitrogens with zero attached hydrogens (tertiary/aromatic N) is 8. The molecule has 14 nitrogen and oxygen atoms in total.